The Bertz CT molecular complexity index is 1480. The number of carbonyl (C=O) groups is 2. The van der Waals surface area contributed by atoms with Gasteiger partial charge in [0.25, 0.3) is 0 Å². The van der Waals surface area contributed by atoms with Crippen molar-refractivity contribution in [1.82, 2.24) is 20.3 Å². The average molecular weight is 542 g/mol. The number of hydrogen-bond acceptors (Lipinski definition) is 6. The summed E-state index contributed by atoms with van der Waals surface area (Å²) in [5, 5.41) is 22.2. The molecular weight excluding hydrogens is 506 g/mol. The molecule has 9 heteroatoms. The molecule has 0 bridgehead atoms. The van der Waals surface area contributed by atoms with E-state index in [0.717, 1.165) is 49.6 Å². The van der Waals surface area contributed by atoms with Crippen LogP contribution in [-0.4, -0.2) is 45.1 Å². The van der Waals surface area contributed by atoms with Gasteiger partial charge in [0.05, 0.1) is 12.6 Å². The number of rotatable bonds is 9. The Morgan fingerprint density at radius 2 is 1.82 bits per heavy atom. The van der Waals surface area contributed by atoms with Crippen molar-refractivity contribution in [3.63, 3.8) is 0 Å². The molecule has 1 heterocycles. The lowest BCUT2D eigenvalue weighted by atomic mass is 9.94. The molecule has 2 N–H and O–H groups in total. The normalized spacial score (nSPS) is 14.6. The minimum absolute atomic E-state index is 0.0364. The summed E-state index contributed by atoms with van der Waals surface area (Å²) in [6, 6.07) is 18.9. The highest BCUT2D eigenvalue weighted by Gasteiger charge is 2.35. The lowest BCUT2D eigenvalue weighted by Crippen LogP contribution is -2.48. The van der Waals surface area contributed by atoms with Crippen LogP contribution in [0.5, 0.6) is 11.5 Å². The molecule has 208 valence electrons. The van der Waals surface area contributed by atoms with Crippen LogP contribution in [0.2, 0.25) is 0 Å². The maximum absolute atomic E-state index is 14.2. The van der Waals surface area contributed by atoms with Crippen LogP contribution in [0, 0.1) is 0 Å². The van der Waals surface area contributed by atoms with Crippen molar-refractivity contribution in [2.24, 2.45) is 0 Å². The summed E-state index contributed by atoms with van der Waals surface area (Å²) in [6.45, 7) is 1.94. The Kier molecular flexibility index (Phi) is 8.28. The molecule has 0 unspecified atom stereocenters. The summed E-state index contributed by atoms with van der Waals surface area (Å²) in [5.74, 6) is -0.451. The van der Waals surface area contributed by atoms with Crippen molar-refractivity contribution in [2.45, 2.75) is 64.1 Å². The highest BCUT2D eigenvalue weighted by Crippen LogP contribution is 2.35. The van der Waals surface area contributed by atoms with E-state index >= 15 is 0 Å². The van der Waals surface area contributed by atoms with Crippen LogP contribution in [-0.2, 0) is 22.6 Å². The van der Waals surface area contributed by atoms with E-state index in [1.165, 1.54) is 18.1 Å². The molecule has 5 rings (SSSR count). The summed E-state index contributed by atoms with van der Waals surface area (Å²) in [6.07, 6.45) is 5.91. The number of phenolic OH excluding ortho intramolecular Hbond substituents is 1. The number of aromatic nitrogens is 3. The van der Waals surface area contributed by atoms with Gasteiger partial charge in [-0.05, 0) is 66.8 Å². The van der Waals surface area contributed by atoms with Gasteiger partial charge in [0.1, 0.15) is 18.1 Å². The molecule has 0 spiro atoms. The van der Waals surface area contributed by atoms with Crippen LogP contribution in [0.25, 0.3) is 11.0 Å². The Hall–Kier alpha value is -4.40. The zero-order chi connectivity index (χ0) is 28.1. The first-order chi connectivity index (χ1) is 19.5. The first-order valence-electron chi connectivity index (χ1n) is 13.8. The number of benzene rings is 3. The van der Waals surface area contributed by atoms with E-state index in [2.05, 4.69) is 22.6 Å². The van der Waals surface area contributed by atoms with Crippen LogP contribution in [0.4, 0.5) is 5.69 Å². The molecule has 1 aromatic heterocycles. The molecule has 3 aromatic carbocycles. The number of nitrogens with zero attached hydrogens (tertiary/aromatic N) is 4. The second kappa shape index (κ2) is 12.2. The number of aromatic hydroxyl groups is 1. The molecule has 1 aliphatic rings. The highest BCUT2D eigenvalue weighted by atomic mass is 16.5. The van der Waals surface area contributed by atoms with Crippen LogP contribution in [0.1, 0.15) is 56.2 Å². The minimum atomic E-state index is -1.03. The predicted molar refractivity (Wildman–Crippen MR) is 153 cm³/mol. The first-order valence-corrected chi connectivity index (χ1v) is 13.8. The monoisotopic (exact) mass is 541 g/mol. The summed E-state index contributed by atoms with van der Waals surface area (Å²) < 4.78 is 6.79. The molecular formula is C31H35N5O4. The number of amides is 2. The molecule has 1 aliphatic carbocycles. The van der Waals surface area contributed by atoms with Crippen LogP contribution in [0.15, 0.2) is 66.7 Å². The van der Waals surface area contributed by atoms with Crippen molar-refractivity contribution >= 4 is 28.5 Å². The topological polar surface area (TPSA) is 110 Å². The molecule has 1 saturated carbocycles. The van der Waals surface area contributed by atoms with Gasteiger partial charge in [0.2, 0.25) is 11.8 Å². The molecule has 2 amide bonds. The summed E-state index contributed by atoms with van der Waals surface area (Å²) in [5.41, 5.74) is 3.57. The number of hydrogen-bond donors (Lipinski definition) is 2. The number of fused-ring (bicyclic) bond motifs is 1. The van der Waals surface area contributed by atoms with Crippen molar-refractivity contribution < 1.29 is 19.4 Å². The van der Waals surface area contributed by atoms with Crippen LogP contribution >= 0.6 is 0 Å². The second-order valence-electron chi connectivity index (χ2n) is 10.2. The molecule has 9 nitrogen and oxygen atoms in total. The molecule has 0 saturated heterocycles. The number of methoxy groups -OCH3 is 1. The lowest BCUT2D eigenvalue weighted by Gasteiger charge is -2.33. The van der Waals surface area contributed by atoms with Crippen molar-refractivity contribution in [2.75, 3.05) is 12.0 Å². The largest absolute Gasteiger partial charge is 0.504 e. The van der Waals surface area contributed by atoms with Crippen LogP contribution in [0.3, 0.4) is 0 Å². The van der Waals surface area contributed by atoms with E-state index in [0.29, 0.717) is 16.8 Å². The summed E-state index contributed by atoms with van der Waals surface area (Å²) >= 11 is 0. The smallest absolute Gasteiger partial charge is 0.249 e. The molecule has 0 aliphatic heterocycles. The Morgan fingerprint density at radius 1 is 1.07 bits per heavy atom. The van der Waals surface area contributed by atoms with Crippen molar-refractivity contribution in [1.29, 1.82) is 0 Å². The van der Waals surface area contributed by atoms with E-state index in [4.69, 9.17) is 4.74 Å². The first kappa shape index (κ1) is 27.2. The molecule has 40 heavy (non-hydrogen) atoms. The van der Waals surface area contributed by atoms with Crippen LogP contribution < -0.4 is 15.0 Å². The standard InChI is InChI=1S/C31H35N5O4/c1-3-21-13-16-24(17-14-21)36(29(38)20-35-26-12-8-7-11-25(26)33-34-35)30(22-15-18-28(40-2)27(37)19-22)31(39)32-23-9-5-4-6-10-23/h7-8,11-19,23,30,37H,3-6,9-10,20H2,1-2H3,(H,32,39)/t30-/m0/s1. The maximum Gasteiger partial charge on any atom is 0.249 e. The quantitative estimate of drug-likeness (QED) is 0.311. The van der Waals surface area contributed by atoms with Gasteiger partial charge in [-0.2, -0.15) is 0 Å². The summed E-state index contributed by atoms with van der Waals surface area (Å²) in [7, 11) is 1.47. The van der Waals surface area contributed by atoms with E-state index in [9.17, 15) is 14.7 Å². The van der Waals surface area contributed by atoms with Crippen molar-refractivity contribution in [3.05, 3.63) is 77.9 Å². The van der Waals surface area contributed by atoms with Gasteiger partial charge in [-0.25, -0.2) is 4.68 Å². The Labute approximate surface area is 233 Å². The summed E-state index contributed by atoms with van der Waals surface area (Å²) in [4.78, 5) is 29.8. The fraction of sp³-hybridized carbons (Fsp3) is 0.355. The zero-order valence-corrected chi connectivity index (χ0v) is 22.9. The van der Waals surface area contributed by atoms with E-state index in [1.807, 2.05) is 48.5 Å². The predicted octanol–water partition coefficient (Wildman–Crippen LogP) is 4.93. The fourth-order valence-corrected chi connectivity index (χ4v) is 5.39. The number of anilines is 1. The Balaban J connectivity index is 1.58. The van der Waals surface area contributed by atoms with Gasteiger partial charge < -0.3 is 15.2 Å². The van der Waals surface area contributed by atoms with E-state index in [1.54, 1.807) is 16.8 Å². The number of nitrogens with one attached hydrogen (secondary N) is 1. The van der Waals surface area contributed by atoms with E-state index < -0.39 is 6.04 Å². The average Bonchev–Trinajstić information content (AvgIpc) is 3.39. The fourth-order valence-electron chi connectivity index (χ4n) is 5.39. The third-order valence-electron chi connectivity index (χ3n) is 7.57. The third-order valence-corrected chi connectivity index (χ3v) is 7.57. The Morgan fingerprint density at radius 3 is 2.52 bits per heavy atom. The second-order valence-corrected chi connectivity index (χ2v) is 10.2. The highest BCUT2D eigenvalue weighted by molar-refractivity contribution is 6.01. The van der Waals surface area contributed by atoms with Gasteiger partial charge in [-0.3, -0.25) is 14.5 Å². The number of phenols is 1. The van der Waals surface area contributed by atoms with Gasteiger partial charge in [-0.1, -0.05) is 61.7 Å². The van der Waals surface area contributed by atoms with Gasteiger partial charge in [-0.15, -0.1) is 5.10 Å². The zero-order valence-electron chi connectivity index (χ0n) is 22.9. The third kappa shape index (κ3) is 5.78. The van der Waals surface area contributed by atoms with Crippen molar-refractivity contribution in [3.8, 4) is 11.5 Å². The number of para-hydroxylation sites is 1. The van der Waals surface area contributed by atoms with Gasteiger partial charge >= 0.3 is 0 Å². The SMILES string of the molecule is CCc1ccc(N(C(=O)Cn2nnc3ccccc32)[C@H](C(=O)NC2CCCCC2)c2ccc(OC)c(O)c2)cc1. The number of carbonyl (C=O) groups excluding carboxylic acids is 2. The van der Waals surface area contributed by atoms with E-state index in [-0.39, 0.29) is 35.9 Å². The lowest BCUT2D eigenvalue weighted by molar-refractivity contribution is -0.127. The minimum Gasteiger partial charge on any atom is -0.504 e. The molecule has 4 aromatic rings. The molecule has 0 radical (unpaired) electrons. The van der Waals surface area contributed by atoms with Gasteiger partial charge in [0.15, 0.2) is 11.5 Å². The number of ether oxygens (including phenoxy) is 1. The van der Waals surface area contributed by atoms with Gasteiger partial charge in [0, 0.05) is 11.7 Å². The molecule has 1 atom stereocenters. The molecule has 1 fully saturated rings. The number of aryl methyl sites for hydroxylation is 1. The maximum atomic E-state index is 14.2.